The topological polar surface area (TPSA) is 37.4 Å². The Morgan fingerprint density at radius 2 is 1.82 bits per heavy atom. The summed E-state index contributed by atoms with van der Waals surface area (Å²) in [6.07, 6.45) is 1.41. The van der Waals surface area contributed by atoms with E-state index < -0.39 is 10.0 Å². The van der Waals surface area contributed by atoms with Crippen LogP contribution in [0.25, 0.3) is 0 Å². The predicted octanol–water partition coefficient (Wildman–Crippen LogP) is 2.29. The third kappa shape index (κ3) is 4.13. The highest BCUT2D eigenvalue weighted by molar-refractivity contribution is 7.89. The molecule has 1 rings (SSSR count). The van der Waals surface area contributed by atoms with Crippen LogP contribution in [0.1, 0.15) is 25.8 Å². The number of hydrogen-bond donors (Lipinski definition) is 0. The van der Waals surface area contributed by atoms with Gasteiger partial charge in [0.25, 0.3) is 0 Å². The van der Waals surface area contributed by atoms with Gasteiger partial charge in [0.2, 0.25) is 10.0 Å². The van der Waals surface area contributed by atoms with Crippen molar-refractivity contribution in [2.45, 2.75) is 32.7 Å². The molecule has 17 heavy (non-hydrogen) atoms. The second-order valence-corrected chi connectivity index (χ2v) is 6.47. The molecule has 0 N–H and O–H groups in total. The van der Waals surface area contributed by atoms with Gasteiger partial charge in [-0.1, -0.05) is 37.3 Å². The lowest BCUT2D eigenvalue weighted by Gasteiger charge is -2.23. The van der Waals surface area contributed by atoms with Crippen molar-refractivity contribution in [2.75, 3.05) is 12.8 Å². The molecule has 1 atom stereocenters. The molecule has 0 amide bonds. The standard InChI is InChI=1S/C13H21NO2S/c1-4-12(2)14(3)17(15,16)11-10-13-8-6-5-7-9-13/h5-9,12H,4,10-11H2,1-3H3. The Morgan fingerprint density at radius 3 is 2.35 bits per heavy atom. The molecule has 96 valence electrons. The molecule has 3 nitrogen and oxygen atoms in total. The fourth-order valence-corrected chi connectivity index (χ4v) is 3.05. The lowest BCUT2D eigenvalue weighted by Crippen LogP contribution is -2.36. The Bertz CT molecular complexity index is 428. The minimum atomic E-state index is -3.14. The molecule has 0 saturated carbocycles. The molecule has 0 bridgehead atoms. The Balaban J connectivity index is 2.62. The predicted molar refractivity (Wildman–Crippen MR) is 71.4 cm³/mol. The van der Waals surface area contributed by atoms with Crippen LogP contribution in [0.5, 0.6) is 0 Å². The lowest BCUT2D eigenvalue weighted by atomic mass is 10.2. The number of nitrogens with zero attached hydrogens (tertiary/aromatic N) is 1. The van der Waals surface area contributed by atoms with Crippen molar-refractivity contribution in [2.24, 2.45) is 0 Å². The first kappa shape index (κ1) is 14.2. The molecule has 0 aliphatic heterocycles. The van der Waals surface area contributed by atoms with Crippen molar-refractivity contribution in [1.82, 2.24) is 4.31 Å². The average Bonchev–Trinajstić information content (AvgIpc) is 2.36. The van der Waals surface area contributed by atoms with Crippen molar-refractivity contribution in [3.63, 3.8) is 0 Å². The molecule has 0 aliphatic carbocycles. The Labute approximate surface area is 105 Å². The lowest BCUT2D eigenvalue weighted by molar-refractivity contribution is 0.380. The van der Waals surface area contributed by atoms with E-state index in [1.54, 1.807) is 7.05 Å². The zero-order valence-electron chi connectivity index (χ0n) is 10.8. The van der Waals surface area contributed by atoms with Crippen molar-refractivity contribution in [3.05, 3.63) is 35.9 Å². The molecule has 0 fully saturated rings. The van der Waals surface area contributed by atoms with Crippen LogP contribution in [0.4, 0.5) is 0 Å². The van der Waals surface area contributed by atoms with E-state index in [9.17, 15) is 8.42 Å². The fourth-order valence-electron chi connectivity index (χ4n) is 1.57. The number of hydrogen-bond acceptors (Lipinski definition) is 2. The van der Waals surface area contributed by atoms with Gasteiger partial charge in [-0.25, -0.2) is 12.7 Å². The molecule has 1 aromatic carbocycles. The van der Waals surface area contributed by atoms with Crippen LogP contribution < -0.4 is 0 Å². The molecule has 0 spiro atoms. The van der Waals surface area contributed by atoms with Gasteiger partial charge in [0.05, 0.1) is 5.75 Å². The number of benzene rings is 1. The number of aryl methyl sites for hydroxylation is 1. The zero-order valence-corrected chi connectivity index (χ0v) is 11.6. The highest BCUT2D eigenvalue weighted by Gasteiger charge is 2.21. The summed E-state index contributed by atoms with van der Waals surface area (Å²) in [5.74, 6) is 0.178. The molecular weight excluding hydrogens is 234 g/mol. The van der Waals surface area contributed by atoms with Crippen molar-refractivity contribution in [3.8, 4) is 0 Å². The molecule has 4 heteroatoms. The first-order valence-electron chi connectivity index (χ1n) is 5.97. The van der Waals surface area contributed by atoms with Crippen LogP contribution in [0.2, 0.25) is 0 Å². The van der Waals surface area contributed by atoms with E-state index in [2.05, 4.69) is 0 Å². The Morgan fingerprint density at radius 1 is 1.24 bits per heavy atom. The maximum atomic E-state index is 12.0. The van der Waals surface area contributed by atoms with Gasteiger partial charge in [0.15, 0.2) is 0 Å². The smallest absolute Gasteiger partial charge is 0.212 e. The number of rotatable bonds is 6. The first-order chi connectivity index (χ1) is 7.97. The largest absolute Gasteiger partial charge is 0.214 e. The van der Waals surface area contributed by atoms with Crippen molar-refractivity contribution >= 4 is 10.0 Å². The summed E-state index contributed by atoms with van der Waals surface area (Å²) in [5, 5.41) is 0. The minimum Gasteiger partial charge on any atom is -0.212 e. The Kier molecular flexibility index (Phi) is 5.15. The van der Waals surface area contributed by atoms with E-state index in [1.807, 2.05) is 44.2 Å². The maximum Gasteiger partial charge on any atom is 0.214 e. The zero-order chi connectivity index (χ0) is 12.9. The van der Waals surface area contributed by atoms with Gasteiger partial charge in [-0.2, -0.15) is 0 Å². The summed E-state index contributed by atoms with van der Waals surface area (Å²) in [5.41, 5.74) is 1.06. The third-order valence-corrected chi connectivity index (χ3v) is 5.10. The van der Waals surface area contributed by atoms with E-state index >= 15 is 0 Å². The van der Waals surface area contributed by atoms with Gasteiger partial charge in [0, 0.05) is 13.1 Å². The summed E-state index contributed by atoms with van der Waals surface area (Å²) >= 11 is 0. The molecule has 0 radical (unpaired) electrons. The highest BCUT2D eigenvalue weighted by atomic mass is 32.2. The summed E-state index contributed by atoms with van der Waals surface area (Å²) in [7, 11) is -1.48. The van der Waals surface area contributed by atoms with Crippen molar-refractivity contribution < 1.29 is 8.42 Å². The Hall–Kier alpha value is -0.870. The van der Waals surface area contributed by atoms with Crippen LogP contribution in [0, 0.1) is 0 Å². The molecular formula is C13H21NO2S. The molecule has 1 aromatic rings. The van der Waals surface area contributed by atoms with E-state index in [0.717, 1.165) is 12.0 Å². The van der Waals surface area contributed by atoms with E-state index in [-0.39, 0.29) is 11.8 Å². The second-order valence-electron chi connectivity index (χ2n) is 4.33. The van der Waals surface area contributed by atoms with Gasteiger partial charge in [-0.15, -0.1) is 0 Å². The second kappa shape index (κ2) is 6.17. The normalized spacial score (nSPS) is 13.9. The van der Waals surface area contributed by atoms with Gasteiger partial charge in [-0.05, 0) is 25.3 Å². The fraction of sp³-hybridized carbons (Fsp3) is 0.538. The molecule has 0 aliphatic rings. The minimum absolute atomic E-state index is 0.0655. The molecule has 1 unspecified atom stereocenters. The summed E-state index contributed by atoms with van der Waals surface area (Å²) in [6.45, 7) is 3.92. The maximum absolute atomic E-state index is 12.0. The summed E-state index contributed by atoms with van der Waals surface area (Å²) < 4.78 is 25.5. The van der Waals surface area contributed by atoms with Crippen LogP contribution in [0.3, 0.4) is 0 Å². The van der Waals surface area contributed by atoms with Gasteiger partial charge < -0.3 is 0 Å². The molecule has 0 saturated heterocycles. The van der Waals surface area contributed by atoms with Crippen LogP contribution in [0.15, 0.2) is 30.3 Å². The van der Waals surface area contributed by atoms with E-state index in [4.69, 9.17) is 0 Å². The van der Waals surface area contributed by atoms with Crippen LogP contribution in [-0.2, 0) is 16.4 Å². The summed E-state index contributed by atoms with van der Waals surface area (Å²) in [4.78, 5) is 0. The first-order valence-corrected chi connectivity index (χ1v) is 7.58. The van der Waals surface area contributed by atoms with E-state index in [1.165, 1.54) is 4.31 Å². The SMILES string of the molecule is CCC(C)N(C)S(=O)(=O)CCc1ccccc1. The molecule has 0 aromatic heterocycles. The monoisotopic (exact) mass is 255 g/mol. The number of sulfonamides is 1. The average molecular weight is 255 g/mol. The molecule has 0 heterocycles. The quantitative estimate of drug-likeness (QED) is 0.782. The van der Waals surface area contributed by atoms with Gasteiger partial charge >= 0.3 is 0 Å². The van der Waals surface area contributed by atoms with Gasteiger partial charge in [-0.3, -0.25) is 0 Å². The summed E-state index contributed by atoms with van der Waals surface area (Å²) in [6, 6.07) is 9.78. The van der Waals surface area contributed by atoms with Crippen LogP contribution >= 0.6 is 0 Å². The van der Waals surface area contributed by atoms with Gasteiger partial charge in [0.1, 0.15) is 0 Å². The van der Waals surface area contributed by atoms with Crippen molar-refractivity contribution in [1.29, 1.82) is 0 Å². The third-order valence-electron chi connectivity index (χ3n) is 3.14. The van der Waals surface area contributed by atoms with Crippen LogP contribution in [-0.4, -0.2) is 31.6 Å². The van der Waals surface area contributed by atoms with E-state index in [0.29, 0.717) is 6.42 Å². The highest BCUT2D eigenvalue weighted by Crippen LogP contribution is 2.10.